The molecule has 264 valence electrons. The third kappa shape index (κ3) is 5.55. The van der Waals surface area contributed by atoms with Crippen molar-refractivity contribution >= 4 is 49.3 Å². The summed E-state index contributed by atoms with van der Waals surface area (Å²) in [5, 5.41) is 3.84. The highest BCUT2D eigenvalue weighted by atomic mass is 32.1. The standard InChI is InChI=1S/C51H34N4S/c1-4-13-33(14-5-1)37-26-30-45-44(31-37)41-29-25-38(40-20-12-21-43-42-19-10-11-22-47(42)56-48(40)43)32-46(41)55(45)39-27-23-36(24-28-39)51-53-49(34-15-6-2-7-16-34)52-50(54-51)35-17-8-3-9-18-35/h1-9,11-18,20-32H,10,19H2. The Balaban J connectivity index is 1.08. The van der Waals surface area contributed by atoms with Crippen molar-refractivity contribution in [1.29, 1.82) is 0 Å². The summed E-state index contributed by atoms with van der Waals surface area (Å²) >= 11 is 1.92. The van der Waals surface area contributed by atoms with Crippen molar-refractivity contribution in [3.05, 3.63) is 186 Å². The van der Waals surface area contributed by atoms with Gasteiger partial charge in [-0.05, 0) is 94.6 Å². The second kappa shape index (κ2) is 13.4. The molecule has 0 unspecified atom stereocenters. The van der Waals surface area contributed by atoms with Crippen molar-refractivity contribution < 1.29 is 0 Å². The lowest BCUT2D eigenvalue weighted by Crippen LogP contribution is -2.00. The van der Waals surface area contributed by atoms with Gasteiger partial charge in [0.05, 0.1) is 11.0 Å². The van der Waals surface area contributed by atoms with Crippen LogP contribution in [0.3, 0.4) is 0 Å². The molecule has 56 heavy (non-hydrogen) atoms. The molecule has 4 nitrogen and oxygen atoms in total. The molecule has 0 atom stereocenters. The number of rotatable bonds is 6. The fourth-order valence-corrected chi connectivity index (χ4v) is 9.52. The van der Waals surface area contributed by atoms with Gasteiger partial charge in [-0.25, -0.2) is 15.0 Å². The summed E-state index contributed by atoms with van der Waals surface area (Å²) in [5.74, 6) is 1.95. The molecule has 10 aromatic rings. The average molecular weight is 735 g/mol. The highest BCUT2D eigenvalue weighted by Crippen LogP contribution is 2.43. The van der Waals surface area contributed by atoms with E-state index in [0.717, 1.165) is 40.7 Å². The molecule has 0 amide bonds. The van der Waals surface area contributed by atoms with Crippen LogP contribution in [-0.4, -0.2) is 19.5 Å². The Bertz CT molecular complexity index is 3050. The van der Waals surface area contributed by atoms with E-state index in [1.54, 1.807) is 0 Å². The Morgan fingerprint density at radius 3 is 1.73 bits per heavy atom. The van der Waals surface area contributed by atoms with Crippen LogP contribution >= 0.6 is 11.3 Å². The van der Waals surface area contributed by atoms with Crippen molar-refractivity contribution in [1.82, 2.24) is 19.5 Å². The molecule has 0 radical (unpaired) electrons. The average Bonchev–Trinajstić information content (AvgIpc) is 3.82. The summed E-state index contributed by atoms with van der Waals surface area (Å²) in [7, 11) is 0. The van der Waals surface area contributed by atoms with Crippen LogP contribution in [0.25, 0.3) is 100 Å². The van der Waals surface area contributed by atoms with Crippen LogP contribution < -0.4 is 0 Å². The van der Waals surface area contributed by atoms with E-state index in [9.17, 15) is 0 Å². The summed E-state index contributed by atoms with van der Waals surface area (Å²) in [4.78, 5) is 16.3. The molecule has 0 saturated heterocycles. The van der Waals surface area contributed by atoms with Gasteiger partial charge in [-0.15, -0.1) is 11.3 Å². The molecule has 0 aliphatic heterocycles. The fourth-order valence-electron chi connectivity index (χ4n) is 8.20. The lowest BCUT2D eigenvalue weighted by molar-refractivity contribution is 1.01. The highest BCUT2D eigenvalue weighted by Gasteiger charge is 2.19. The topological polar surface area (TPSA) is 43.6 Å². The summed E-state index contributed by atoms with van der Waals surface area (Å²) in [6.07, 6.45) is 6.83. The zero-order valence-electron chi connectivity index (χ0n) is 30.4. The van der Waals surface area contributed by atoms with E-state index in [-0.39, 0.29) is 0 Å². The third-order valence-corrected chi connectivity index (χ3v) is 12.2. The van der Waals surface area contributed by atoms with E-state index in [1.807, 2.05) is 72.0 Å². The minimum Gasteiger partial charge on any atom is -0.309 e. The second-order valence-electron chi connectivity index (χ2n) is 14.3. The molecule has 0 saturated carbocycles. The normalized spacial score (nSPS) is 12.4. The molecule has 0 bridgehead atoms. The van der Waals surface area contributed by atoms with E-state index in [2.05, 4.69) is 126 Å². The SMILES string of the molecule is C1=Cc2sc3c(-c4ccc5c6cc(-c7ccccc7)ccc6n(-c6ccc(-c7nc(-c8ccccc8)nc(-c8ccccc8)n7)cc6)c5c4)cccc3c2CC1. The minimum absolute atomic E-state index is 0.642. The first-order valence-electron chi connectivity index (χ1n) is 19.1. The van der Waals surface area contributed by atoms with Gasteiger partial charge in [0.15, 0.2) is 17.5 Å². The Morgan fingerprint density at radius 2 is 1.05 bits per heavy atom. The number of hydrogen-bond acceptors (Lipinski definition) is 4. The number of aryl methyl sites for hydroxylation is 1. The molecule has 0 N–H and O–H groups in total. The number of nitrogens with zero attached hydrogens (tertiary/aromatic N) is 4. The van der Waals surface area contributed by atoms with Crippen LogP contribution in [-0.2, 0) is 6.42 Å². The molecule has 1 aliphatic carbocycles. The minimum atomic E-state index is 0.642. The summed E-state index contributed by atoms with van der Waals surface area (Å²) in [6, 6.07) is 60.2. The maximum atomic E-state index is 4.99. The summed E-state index contributed by atoms with van der Waals surface area (Å²) < 4.78 is 3.77. The maximum Gasteiger partial charge on any atom is 0.164 e. The van der Waals surface area contributed by atoms with E-state index >= 15 is 0 Å². The Hall–Kier alpha value is -6.95. The molecular formula is C51H34N4S. The molecule has 1 aliphatic rings. The monoisotopic (exact) mass is 734 g/mol. The van der Waals surface area contributed by atoms with Crippen molar-refractivity contribution in [2.75, 3.05) is 0 Å². The molecule has 0 fully saturated rings. The van der Waals surface area contributed by atoms with Crippen molar-refractivity contribution in [3.8, 4) is 62.1 Å². The molecule has 3 aromatic heterocycles. The van der Waals surface area contributed by atoms with Gasteiger partial charge in [-0.1, -0.05) is 133 Å². The molecule has 3 heterocycles. The number of fused-ring (bicyclic) bond motifs is 6. The molecule has 7 aromatic carbocycles. The quantitative estimate of drug-likeness (QED) is 0.171. The molecule has 5 heteroatoms. The van der Waals surface area contributed by atoms with Gasteiger partial charge in [0.2, 0.25) is 0 Å². The highest BCUT2D eigenvalue weighted by molar-refractivity contribution is 7.20. The smallest absolute Gasteiger partial charge is 0.164 e. The summed E-state index contributed by atoms with van der Waals surface area (Å²) in [6.45, 7) is 0. The number of allylic oxidation sites excluding steroid dienone is 1. The lowest BCUT2D eigenvalue weighted by Gasteiger charge is -2.12. The van der Waals surface area contributed by atoms with Gasteiger partial charge in [-0.2, -0.15) is 0 Å². The van der Waals surface area contributed by atoms with Crippen molar-refractivity contribution in [2.24, 2.45) is 0 Å². The first kappa shape index (κ1) is 32.5. The van der Waals surface area contributed by atoms with Crippen LogP contribution in [0.5, 0.6) is 0 Å². The van der Waals surface area contributed by atoms with Gasteiger partial charge >= 0.3 is 0 Å². The zero-order chi connectivity index (χ0) is 37.0. The largest absolute Gasteiger partial charge is 0.309 e. The third-order valence-electron chi connectivity index (χ3n) is 10.9. The Morgan fingerprint density at radius 1 is 0.446 bits per heavy atom. The van der Waals surface area contributed by atoms with Crippen LogP contribution in [0.1, 0.15) is 16.9 Å². The first-order valence-corrected chi connectivity index (χ1v) is 19.9. The van der Waals surface area contributed by atoms with Crippen LogP contribution in [0.2, 0.25) is 0 Å². The number of hydrogen-bond donors (Lipinski definition) is 0. The van der Waals surface area contributed by atoms with Crippen LogP contribution in [0.4, 0.5) is 0 Å². The molecule has 0 spiro atoms. The lowest BCUT2D eigenvalue weighted by atomic mass is 9.97. The van der Waals surface area contributed by atoms with Gasteiger partial charge in [0.25, 0.3) is 0 Å². The van der Waals surface area contributed by atoms with E-state index in [4.69, 9.17) is 15.0 Å². The van der Waals surface area contributed by atoms with E-state index in [1.165, 1.54) is 59.1 Å². The zero-order valence-corrected chi connectivity index (χ0v) is 31.2. The van der Waals surface area contributed by atoms with Gasteiger partial charge in [-0.3, -0.25) is 0 Å². The van der Waals surface area contributed by atoms with Gasteiger partial charge in [0.1, 0.15) is 0 Å². The van der Waals surface area contributed by atoms with Crippen molar-refractivity contribution in [2.45, 2.75) is 12.8 Å². The predicted octanol–water partition coefficient (Wildman–Crippen LogP) is 13.5. The van der Waals surface area contributed by atoms with E-state index < -0.39 is 0 Å². The Kier molecular flexibility index (Phi) is 7.78. The van der Waals surface area contributed by atoms with Crippen molar-refractivity contribution in [3.63, 3.8) is 0 Å². The second-order valence-corrected chi connectivity index (χ2v) is 15.4. The number of thiophene rings is 1. The van der Waals surface area contributed by atoms with Crippen LogP contribution in [0.15, 0.2) is 176 Å². The predicted molar refractivity (Wildman–Crippen MR) is 234 cm³/mol. The molecule has 11 rings (SSSR count). The van der Waals surface area contributed by atoms with Gasteiger partial charge in [0, 0.05) is 42.7 Å². The van der Waals surface area contributed by atoms with E-state index in [0.29, 0.717) is 17.5 Å². The first-order chi connectivity index (χ1) is 27.7. The maximum absolute atomic E-state index is 4.99. The Labute approximate surface area is 328 Å². The summed E-state index contributed by atoms with van der Waals surface area (Å²) in [5.41, 5.74) is 12.7. The fraction of sp³-hybridized carbons (Fsp3) is 0.0392. The van der Waals surface area contributed by atoms with Gasteiger partial charge < -0.3 is 4.57 Å². The number of aromatic nitrogens is 4. The van der Waals surface area contributed by atoms with Crippen LogP contribution in [0, 0.1) is 0 Å². The number of benzene rings is 7. The molecular weight excluding hydrogens is 701 g/mol.